The third-order valence-corrected chi connectivity index (χ3v) is 5.60. The summed E-state index contributed by atoms with van der Waals surface area (Å²) in [6, 6.07) is 6.02. The van der Waals surface area contributed by atoms with Crippen LogP contribution in [0.15, 0.2) is 28.2 Å². The molecule has 3 heteroatoms. The fourth-order valence-electron chi connectivity index (χ4n) is 4.31. The summed E-state index contributed by atoms with van der Waals surface area (Å²) >= 11 is 0. The van der Waals surface area contributed by atoms with Crippen molar-refractivity contribution >= 4 is 16.5 Å². The van der Waals surface area contributed by atoms with E-state index in [4.69, 9.17) is 9.15 Å². The number of benzene rings is 1. The van der Waals surface area contributed by atoms with Crippen LogP contribution in [-0.4, -0.2) is 17.8 Å². The Hall–Kier alpha value is -1.74. The van der Waals surface area contributed by atoms with Crippen molar-refractivity contribution in [3.8, 4) is 5.75 Å². The molecule has 0 amide bonds. The van der Waals surface area contributed by atoms with Crippen LogP contribution < -0.4 is 4.74 Å². The molecular weight excluding hydrogens is 288 g/mol. The van der Waals surface area contributed by atoms with Gasteiger partial charge in [0.2, 0.25) is 0 Å². The molecule has 2 aliphatic rings. The molecule has 1 aromatic heterocycles. The summed E-state index contributed by atoms with van der Waals surface area (Å²) in [5.41, 5.74) is 3.99. The fraction of sp³-hybridized carbons (Fsp3) is 0.500. The Morgan fingerprint density at radius 3 is 2.91 bits per heavy atom. The van der Waals surface area contributed by atoms with Gasteiger partial charge in [0, 0.05) is 16.9 Å². The van der Waals surface area contributed by atoms with Crippen molar-refractivity contribution in [2.45, 2.75) is 57.5 Å². The fourth-order valence-corrected chi connectivity index (χ4v) is 4.31. The van der Waals surface area contributed by atoms with Gasteiger partial charge < -0.3 is 14.3 Å². The second kappa shape index (κ2) is 5.13. The second-order valence-corrected chi connectivity index (χ2v) is 7.23. The first kappa shape index (κ1) is 14.8. The summed E-state index contributed by atoms with van der Waals surface area (Å²) < 4.78 is 11.6. The van der Waals surface area contributed by atoms with Crippen LogP contribution in [0.3, 0.4) is 0 Å². The first-order chi connectivity index (χ1) is 11.0. The van der Waals surface area contributed by atoms with E-state index in [1.807, 2.05) is 19.1 Å². The quantitative estimate of drug-likeness (QED) is 0.803. The molecule has 1 unspecified atom stereocenters. The minimum atomic E-state index is -0.683. The first-order valence-electron chi connectivity index (χ1n) is 8.57. The summed E-state index contributed by atoms with van der Waals surface area (Å²) in [6.07, 6.45) is 4.89. The molecule has 1 heterocycles. The van der Waals surface area contributed by atoms with Crippen molar-refractivity contribution in [3.05, 3.63) is 35.1 Å². The molecule has 3 nitrogen and oxygen atoms in total. The molecule has 0 radical (unpaired) electrons. The average Bonchev–Trinajstić information content (AvgIpc) is 2.84. The lowest BCUT2D eigenvalue weighted by atomic mass is 9.77. The Bertz CT molecular complexity index is 795. The second-order valence-electron chi connectivity index (χ2n) is 7.23. The van der Waals surface area contributed by atoms with Crippen molar-refractivity contribution in [1.29, 1.82) is 0 Å². The molecule has 122 valence electrons. The molecule has 2 atom stereocenters. The van der Waals surface area contributed by atoms with Crippen molar-refractivity contribution < 1.29 is 14.3 Å². The number of rotatable bonds is 1. The highest BCUT2D eigenvalue weighted by Gasteiger charge is 2.37. The van der Waals surface area contributed by atoms with Gasteiger partial charge in [-0.1, -0.05) is 6.92 Å². The van der Waals surface area contributed by atoms with E-state index in [0.717, 1.165) is 54.6 Å². The average molecular weight is 312 g/mol. The summed E-state index contributed by atoms with van der Waals surface area (Å²) in [5.74, 6) is 2.29. The number of hydrogen-bond acceptors (Lipinski definition) is 3. The summed E-state index contributed by atoms with van der Waals surface area (Å²) in [6.45, 7) is 4.20. The monoisotopic (exact) mass is 312 g/mol. The topological polar surface area (TPSA) is 42.6 Å². The molecule has 0 aliphatic heterocycles. The molecule has 0 bridgehead atoms. The van der Waals surface area contributed by atoms with E-state index in [2.05, 4.69) is 13.0 Å². The molecular formula is C20H24O3. The summed E-state index contributed by atoms with van der Waals surface area (Å²) in [7, 11) is 1.69. The van der Waals surface area contributed by atoms with Crippen molar-refractivity contribution in [2.24, 2.45) is 0 Å². The van der Waals surface area contributed by atoms with Gasteiger partial charge in [0.05, 0.1) is 12.7 Å². The molecule has 0 saturated heterocycles. The van der Waals surface area contributed by atoms with Crippen LogP contribution in [0.25, 0.3) is 16.5 Å². The van der Waals surface area contributed by atoms with Gasteiger partial charge in [0.1, 0.15) is 17.1 Å². The smallest absolute Gasteiger partial charge is 0.135 e. The van der Waals surface area contributed by atoms with Gasteiger partial charge in [-0.05, 0) is 68.4 Å². The Kier molecular flexibility index (Phi) is 3.31. The highest BCUT2D eigenvalue weighted by atomic mass is 16.5. The molecule has 0 saturated carbocycles. The number of methoxy groups -OCH3 is 1. The molecule has 23 heavy (non-hydrogen) atoms. The van der Waals surface area contributed by atoms with E-state index in [1.54, 1.807) is 7.11 Å². The molecule has 0 spiro atoms. The maximum absolute atomic E-state index is 10.9. The molecule has 2 aromatic rings. The summed E-state index contributed by atoms with van der Waals surface area (Å²) in [4.78, 5) is 0. The Balaban J connectivity index is 2.04. The largest absolute Gasteiger partial charge is 0.497 e. The molecule has 1 N–H and O–H groups in total. The van der Waals surface area contributed by atoms with Crippen molar-refractivity contribution in [1.82, 2.24) is 0 Å². The Labute approximate surface area is 136 Å². The third kappa shape index (κ3) is 2.21. The van der Waals surface area contributed by atoms with E-state index >= 15 is 0 Å². The predicted octanol–water partition coefficient (Wildman–Crippen LogP) is 5.03. The lowest BCUT2D eigenvalue weighted by Crippen LogP contribution is -2.30. The SMILES string of the molecule is COc1ccc2oc3c(c2c1)C1=C(CC[C@H]3C)C(C)(O)CCC1. The predicted molar refractivity (Wildman–Crippen MR) is 91.8 cm³/mol. The number of furan rings is 1. The van der Waals surface area contributed by atoms with Gasteiger partial charge in [0.25, 0.3) is 0 Å². The van der Waals surface area contributed by atoms with Gasteiger partial charge >= 0.3 is 0 Å². The minimum absolute atomic E-state index is 0.366. The number of fused-ring (bicyclic) bond motifs is 4. The Morgan fingerprint density at radius 1 is 1.30 bits per heavy atom. The number of allylic oxidation sites excluding steroid dienone is 1. The van der Waals surface area contributed by atoms with Crippen LogP contribution in [-0.2, 0) is 0 Å². The number of hydrogen-bond donors (Lipinski definition) is 1. The maximum Gasteiger partial charge on any atom is 0.135 e. The first-order valence-corrected chi connectivity index (χ1v) is 8.57. The van der Waals surface area contributed by atoms with Crippen LogP contribution in [0.5, 0.6) is 5.75 Å². The van der Waals surface area contributed by atoms with E-state index in [0.29, 0.717) is 5.92 Å². The minimum Gasteiger partial charge on any atom is -0.497 e. The summed E-state index contributed by atoms with van der Waals surface area (Å²) in [5, 5.41) is 12.0. The van der Waals surface area contributed by atoms with Crippen LogP contribution in [0.4, 0.5) is 0 Å². The lowest BCUT2D eigenvalue weighted by Gasteiger charge is -2.33. The van der Waals surface area contributed by atoms with Gasteiger partial charge in [0.15, 0.2) is 0 Å². The van der Waals surface area contributed by atoms with Crippen LogP contribution >= 0.6 is 0 Å². The third-order valence-electron chi connectivity index (χ3n) is 5.60. The van der Waals surface area contributed by atoms with Crippen LogP contribution in [0, 0.1) is 0 Å². The normalized spacial score (nSPS) is 27.6. The molecule has 0 fully saturated rings. The standard InChI is InChI=1S/C20H24O3/c1-12-6-8-16-14(5-4-10-20(16,2)21)18-15-11-13(22-3)7-9-17(15)23-19(12)18/h7,9,11-12,21H,4-6,8,10H2,1-3H3/t12-,20?/m1/s1. The highest BCUT2D eigenvalue weighted by Crippen LogP contribution is 2.49. The number of ether oxygens (including phenoxy) is 1. The lowest BCUT2D eigenvalue weighted by molar-refractivity contribution is 0.0791. The van der Waals surface area contributed by atoms with E-state index < -0.39 is 5.60 Å². The van der Waals surface area contributed by atoms with E-state index in [1.165, 1.54) is 16.7 Å². The molecule has 4 rings (SSSR count). The van der Waals surface area contributed by atoms with Gasteiger partial charge in [-0.25, -0.2) is 0 Å². The van der Waals surface area contributed by atoms with Crippen LogP contribution in [0.1, 0.15) is 63.2 Å². The van der Waals surface area contributed by atoms with Crippen molar-refractivity contribution in [3.63, 3.8) is 0 Å². The van der Waals surface area contributed by atoms with E-state index in [-0.39, 0.29) is 0 Å². The zero-order valence-corrected chi connectivity index (χ0v) is 14.1. The zero-order chi connectivity index (χ0) is 16.2. The van der Waals surface area contributed by atoms with Crippen molar-refractivity contribution in [2.75, 3.05) is 7.11 Å². The molecule has 1 aromatic carbocycles. The highest BCUT2D eigenvalue weighted by molar-refractivity contribution is 5.95. The van der Waals surface area contributed by atoms with E-state index in [9.17, 15) is 5.11 Å². The van der Waals surface area contributed by atoms with Gasteiger partial charge in [-0.3, -0.25) is 0 Å². The molecule has 2 aliphatic carbocycles. The maximum atomic E-state index is 10.9. The van der Waals surface area contributed by atoms with Crippen LogP contribution in [0.2, 0.25) is 0 Å². The number of aliphatic hydroxyl groups is 1. The van der Waals surface area contributed by atoms with Gasteiger partial charge in [-0.2, -0.15) is 0 Å². The van der Waals surface area contributed by atoms with Gasteiger partial charge in [-0.15, -0.1) is 0 Å². The zero-order valence-electron chi connectivity index (χ0n) is 14.1. The Morgan fingerprint density at radius 2 is 2.13 bits per heavy atom.